The van der Waals surface area contributed by atoms with Gasteiger partial charge in [0.25, 0.3) is 0 Å². The molecule has 6 radical (unpaired) electrons. The van der Waals surface area contributed by atoms with E-state index < -0.39 is 0 Å². The average Bonchev–Trinajstić information content (AvgIpc) is 1.46. The van der Waals surface area contributed by atoms with E-state index in [1.165, 1.54) is 6.42 Å². The third kappa shape index (κ3) is 6200. The van der Waals surface area contributed by atoms with E-state index in [9.17, 15) is 0 Å². The predicted octanol–water partition coefficient (Wildman–Crippen LogP) is 1.68. The molecule has 0 bridgehead atoms. The van der Waals surface area contributed by atoms with Gasteiger partial charge in [-0.25, -0.2) is 0 Å². The Kier molecular flexibility index (Phi) is 494. The van der Waals surface area contributed by atoms with Gasteiger partial charge in [-0.15, -0.1) is 0 Å². The molecule has 0 aliphatic heterocycles. The fourth-order valence-corrected chi connectivity index (χ4v) is 0. The van der Waals surface area contributed by atoms with E-state index >= 15 is 0 Å². The summed E-state index contributed by atoms with van der Waals surface area (Å²) in [4.78, 5) is 0. The minimum Gasteiger partial charge on any atom is -0.0683 e. The molecule has 0 nitrogen and oxygen atoms in total. The molecule has 0 aliphatic carbocycles. The van der Waals surface area contributed by atoms with E-state index in [2.05, 4.69) is 13.8 Å². The van der Waals surface area contributed by atoms with Gasteiger partial charge in [-0.05, 0) is 0 Å². The van der Waals surface area contributed by atoms with Crippen LogP contribution in [0, 0.1) is 0 Å². The van der Waals surface area contributed by atoms with Gasteiger partial charge in [-0.2, -0.15) is 0 Å². The van der Waals surface area contributed by atoms with Crippen LogP contribution in [0.1, 0.15) is 34.1 Å². The van der Waals surface area contributed by atoms with E-state index in [0.29, 0.717) is 0 Å². The van der Waals surface area contributed by atoms with Gasteiger partial charge in [0.2, 0.25) is 0 Å². The van der Waals surface area contributed by atoms with Crippen molar-refractivity contribution in [3.8, 4) is 0 Å². The zero-order valence-electron chi connectivity index (χ0n) is 5.86. The zero-order valence-corrected chi connectivity index (χ0v) is 5.86. The van der Waals surface area contributed by atoms with Gasteiger partial charge in [-0.1, -0.05) is 34.1 Å². The molecule has 40 valence electrons. The molecule has 0 rings (SSSR count). The van der Waals surface area contributed by atoms with Crippen molar-refractivity contribution in [1.82, 2.24) is 0 Å². The smallest absolute Gasteiger partial charge is 0 e. The third-order valence-corrected chi connectivity index (χ3v) is 0. The summed E-state index contributed by atoms with van der Waals surface area (Å²) >= 11 is 0. The Morgan fingerprint density at radius 1 is 0.857 bits per heavy atom. The van der Waals surface area contributed by atoms with Crippen molar-refractivity contribution in [2.24, 2.45) is 0 Å². The Morgan fingerprint density at radius 3 is 0.857 bits per heavy atom. The molecule has 0 fully saturated rings. The standard InChI is InChI=1S/C3H8.C2H6.2B/c1-3-2;1-2;;/h3H2,1-2H3;1-2H3;;. The largest absolute Gasteiger partial charge is 0.0683 e. The predicted molar refractivity (Wildman–Crippen MR) is 38.8 cm³/mol. The van der Waals surface area contributed by atoms with E-state index in [4.69, 9.17) is 0 Å². The first-order chi connectivity index (χ1) is 2.41. The molecule has 0 spiro atoms. The van der Waals surface area contributed by atoms with Crippen LogP contribution in [0.3, 0.4) is 0 Å². The Balaban J connectivity index is -0.0000000105. The molecular weight excluding hydrogens is 81.7 g/mol. The fourth-order valence-electron chi connectivity index (χ4n) is 0. The second kappa shape index (κ2) is 126. The molecule has 0 N–H and O–H groups in total. The van der Waals surface area contributed by atoms with Gasteiger partial charge in [0.15, 0.2) is 0 Å². The highest BCUT2D eigenvalue weighted by Gasteiger charge is 1.35. The topological polar surface area (TPSA) is 0 Å². The van der Waals surface area contributed by atoms with E-state index in [-0.39, 0.29) is 16.8 Å². The maximum atomic E-state index is 2.12. The van der Waals surface area contributed by atoms with E-state index in [0.717, 1.165) is 0 Å². The van der Waals surface area contributed by atoms with Gasteiger partial charge < -0.3 is 0 Å². The molecule has 0 saturated carbocycles. The maximum Gasteiger partial charge on any atom is 0 e. The van der Waals surface area contributed by atoms with Crippen LogP contribution in [0.15, 0.2) is 0 Å². The minimum atomic E-state index is 0. The first-order valence-corrected chi connectivity index (χ1v) is 2.41. The monoisotopic (exact) mass is 96.1 g/mol. The second-order valence-electron chi connectivity index (χ2n) is 0.707. The maximum absolute atomic E-state index is 2.12. The first kappa shape index (κ1) is 27.3. The number of hydrogen-bond donors (Lipinski definition) is 0. The molecule has 0 aromatic heterocycles. The summed E-state index contributed by atoms with van der Waals surface area (Å²) in [6.45, 7) is 8.25. The summed E-state index contributed by atoms with van der Waals surface area (Å²) in [7, 11) is 0. The summed E-state index contributed by atoms with van der Waals surface area (Å²) in [5.41, 5.74) is 0. The van der Waals surface area contributed by atoms with Crippen molar-refractivity contribution in [2.75, 3.05) is 0 Å². The summed E-state index contributed by atoms with van der Waals surface area (Å²) < 4.78 is 0. The molecule has 0 heterocycles. The molecule has 0 aliphatic rings. The second-order valence-corrected chi connectivity index (χ2v) is 0.707. The van der Waals surface area contributed by atoms with Crippen LogP contribution in [0.4, 0.5) is 0 Å². The van der Waals surface area contributed by atoms with Crippen LogP contribution in [0.5, 0.6) is 0 Å². The molecule has 2 heteroatoms. The molecule has 0 aromatic carbocycles. The Labute approximate surface area is 51.8 Å². The average molecular weight is 95.8 g/mol. The Morgan fingerprint density at radius 2 is 0.857 bits per heavy atom. The van der Waals surface area contributed by atoms with Crippen molar-refractivity contribution in [3.63, 3.8) is 0 Å². The quantitative estimate of drug-likeness (QED) is 0.402. The van der Waals surface area contributed by atoms with Crippen molar-refractivity contribution >= 4 is 16.8 Å². The van der Waals surface area contributed by atoms with Crippen molar-refractivity contribution in [2.45, 2.75) is 34.1 Å². The van der Waals surface area contributed by atoms with Gasteiger partial charge in [-0.3, -0.25) is 0 Å². The zero-order chi connectivity index (χ0) is 4.71. The molecule has 0 unspecified atom stereocenters. The minimum absolute atomic E-state index is 0. The molecule has 0 atom stereocenters. The number of hydrogen-bond acceptors (Lipinski definition) is 0. The normalized spacial score (nSPS) is 3.43. The van der Waals surface area contributed by atoms with Crippen LogP contribution in [0.2, 0.25) is 0 Å². The van der Waals surface area contributed by atoms with Crippen molar-refractivity contribution < 1.29 is 0 Å². The summed E-state index contributed by atoms with van der Waals surface area (Å²) in [6.07, 6.45) is 1.25. The van der Waals surface area contributed by atoms with Crippen molar-refractivity contribution in [3.05, 3.63) is 0 Å². The first-order valence-electron chi connectivity index (χ1n) is 2.41. The number of rotatable bonds is 0. The van der Waals surface area contributed by atoms with Gasteiger partial charge in [0, 0.05) is 16.8 Å². The van der Waals surface area contributed by atoms with E-state index in [1.807, 2.05) is 13.8 Å². The summed E-state index contributed by atoms with van der Waals surface area (Å²) in [5.74, 6) is 0. The molecule has 7 heavy (non-hydrogen) atoms. The molecule has 0 aromatic rings. The molecule has 0 saturated heterocycles. The molecular formula is C5H14B2. The van der Waals surface area contributed by atoms with Gasteiger partial charge in [0.05, 0.1) is 0 Å². The third-order valence-electron chi connectivity index (χ3n) is 0. The lowest BCUT2D eigenvalue weighted by atomic mass is 10.6. The lowest BCUT2D eigenvalue weighted by Crippen LogP contribution is -1.27. The van der Waals surface area contributed by atoms with Gasteiger partial charge >= 0.3 is 0 Å². The van der Waals surface area contributed by atoms with Crippen LogP contribution in [0.25, 0.3) is 0 Å². The Bertz CT molecular complexity index is 6.04. The lowest BCUT2D eigenvalue weighted by Gasteiger charge is -1.48. The molecule has 0 amide bonds. The summed E-state index contributed by atoms with van der Waals surface area (Å²) in [6, 6.07) is 0. The van der Waals surface area contributed by atoms with Crippen LogP contribution in [-0.4, -0.2) is 16.8 Å². The highest BCUT2D eigenvalue weighted by molar-refractivity contribution is 5.76. The lowest BCUT2D eigenvalue weighted by molar-refractivity contribution is 1.09. The Hall–Kier alpha value is 0.130. The highest BCUT2D eigenvalue weighted by atomic mass is 13.4. The fraction of sp³-hybridized carbons (Fsp3) is 1.00. The van der Waals surface area contributed by atoms with Crippen molar-refractivity contribution in [1.29, 1.82) is 0 Å². The van der Waals surface area contributed by atoms with Crippen LogP contribution >= 0.6 is 0 Å². The van der Waals surface area contributed by atoms with E-state index in [1.54, 1.807) is 0 Å². The summed E-state index contributed by atoms with van der Waals surface area (Å²) in [5, 5.41) is 0. The highest BCUT2D eigenvalue weighted by Crippen LogP contribution is 1.56. The SMILES string of the molecule is CC.CCC.[B].[B]. The van der Waals surface area contributed by atoms with Crippen LogP contribution < -0.4 is 0 Å². The van der Waals surface area contributed by atoms with Gasteiger partial charge in [0.1, 0.15) is 0 Å². The van der Waals surface area contributed by atoms with Crippen LogP contribution in [-0.2, 0) is 0 Å².